The zero-order valence-corrected chi connectivity index (χ0v) is 16.1. The van der Waals surface area contributed by atoms with Gasteiger partial charge in [0.05, 0.1) is 6.54 Å². The van der Waals surface area contributed by atoms with E-state index in [1.54, 1.807) is 18.2 Å². The summed E-state index contributed by atoms with van der Waals surface area (Å²) < 4.78 is 2.66. The molecule has 0 aliphatic carbocycles. The predicted molar refractivity (Wildman–Crippen MR) is 107 cm³/mol. The van der Waals surface area contributed by atoms with Gasteiger partial charge in [-0.15, -0.1) is 0 Å². The maximum Gasteiger partial charge on any atom is 0.279 e. The Labute approximate surface area is 165 Å². The van der Waals surface area contributed by atoms with E-state index in [4.69, 9.17) is 11.6 Å². The van der Waals surface area contributed by atoms with Gasteiger partial charge >= 0.3 is 0 Å². The molecule has 0 unspecified atom stereocenters. The van der Waals surface area contributed by atoms with E-state index in [-0.39, 0.29) is 17.6 Å². The lowest BCUT2D eigenvalue weighted by molar-refractivity contribution is 0.0951. The number of aromatic nitrogens is 2. The summed E-state index contributed by atoms with van der Waals surface area (Å²) in [6.07, 6.45) is 5.99. The van der Waals surface area contributed by atoms with Crippen LogP contribution in [0.2, 0.25) is 5.02 Å². The molecule has 8 heteroatoms. The van der Waals surface area contributed by atoms with E-state index >= 15 is 0 Å². The summed E-state index contributed by atoms with van der Waals surface area (Å²) >= 11 is 5.97. The highest BCUT2D eigenvalue weighted by Crippen LogP contribution is 2.14. The van der Waals surface area contributed by atoms with Crippen LogP contribution in [0.3, 0.4) is 0 Å². The van der Waals surface area contributed by atoms with Gasteiger partial charge in [0.25, 0.3) is 11.5 Å². The van der Waals surface area contributed by atoms with Crippen molar-refractivity contribution in [2.24, 2.45) is 0 Å². The van der Waals surface area contributed by atoms with Crippen LogP contribution in [0.25, 0.3) is 5.52 Å². The maximum absolute atomic E-state index is 12.8. The highest BCUT2D eigenvalue weighted by molar-refractivity contribution is 6.30. The second-order valence-electron chi connectivity index (χ2n) is 6.45. The minimum Gasteiger partial charge on any atom is -0.503 e. The van der Waals surface area contributed by atoms with Crippen molar-refractivity contribution < 1.29 is 9.90 Å². The molecule has 0 atom stereocenters. The molecular weight excluding hydrogens is 382 g/mol. The van der Waals surface area contributed by atoms with Gasteiger partial charge in [-0.1, -0.05) is 37.1 Å². The first-order valence-electron chi connectivity index (χ1n) is 8.92. The Hall–Kier alpha value is -3.06. The van der Waals surface area contributed by atoms with Gasteiger partial charge in [0, 0.05) is 30.2 Å². The number of unbranched alkanes of at least 4 members (excludes halogenated alkanes) is 1. The topological polar surface area (TPSA) is 92.8 Å². The van der Waals surface area contributed by atoms with Crippen molar-refractivity contribution in [3.63, 3.8) is 0 Å². The molecule has 146 valence electrons. The van der Waals surface area contributed by atoms with E-state index in [1.165, 1.54) is 27.6 Å². The van der Waals surface area contributed by atoms with Gasteiger partial charge in [-0.25, -0.2) is 0 Å². The van der Waals surface area contributed by atoms with Gasteiger partial charge in [-0.05, 0) is 24.1 Å². The van der Waals surface area contributed by atoms with Gasteiger partial charge in [-0.3, -0.25) is 14.4 Å². The number of rotatable bonds is 6. The molecule has 0 saturated carbocycles. The number of nitrogens with one attached hydrogen (secondary N) is 1. The minimum absolute atomic E-state index is 0.181. The molecule has 3 aromatic rings. The lowest BCUT2D eigenvalue weighted by Crippen LogP contribution is -2.31. The molecule has 0 fully saturated rings. The number of aromatic hydroxyl groups is 1. The van der Waals surface area contributed by atoms with Crippen LogP contribution in [-0.4, -0.2) is 26.5 Å². The van der Waals surface area contributed by atoms with Crippen LogP contribution in [0.15, 0.2) is 52.4 Å². The number of carbonyl (C=O) groups is 1. The largest absolute Gasteiger partial charge is 0.503 e. The Kier molecular flexibility index (Phi) is 5.84. The number of nitrogens with zero attached hydrogens (tertiary/aromatic N) is 2. The van der Waals surface area contributed by atoms with Crippen LogP contribution in [0.5, 0.6) is 5.75 Å². The molecule has 7 nitrogen and oxygen atoms in total. The highest BCUT2D eigenvalue weighted by Gasteiger charge is 2.18. The second-order valence-corrected chi connectivity index (χ2v) is 6.88. The third-order valence-corrected chi connectivity index (χ3v) is 4.62. The monoisotopic (exact) mass is 401 g/mol. The average molecular weight is 402 g/mol. The molecule has 28 heavy (non-hydrogen) atoms. The molecule has 0 bridgehead atoms. The van der Waals surface area contributed by atoms with Crippen molar-refractivity contribution >= 4 is 23.0 Å². The van der Waals surface area contributed by atoms with Crippen LogP contribution < -0.4 is 16.3 Å². The van der Waals surface area contributed by atoms with Crippen molar-refractivity contribution in [1.82, 2.24) is 14.3 Å². The van der Waals surface area contributed by atoms with Gasteiger partial charge in [-0.2, -0.15) is 0 Å². The van der Waals surface area contributed by atoms with E-state index in [0.717, 1.165) is 18.4 Å². The fourth-order valence-electron chi connectivity index (χ4n) is 2.90. The van der Waals surface area contributed by atoms with Crippen molar-refractivity contribution in [3.05, 3.63) is 79.6 Å². The lowest BCUT2D eigenvalue weighted by Gasteiger charge is -2.11. The SMILES string of the molecule is CCCCNC(=O)c1cn2ccn(Cc3cccc(Cl)c3)c(=O)c2c(O)c1=O. The van der Waals surface area contributed by atoms with Crippen molar-refractivity contribution in [2.45, 2.75) is 26.3 Å². The number of benzene rings is 1. The molecule has 1 amide bonds. The molecule has 1 aromatic carbocycles. The first-order chi connectivity index (χ1) is 13.4. The lowest BCUT2D eigenvalue weighted by atomic mass is 10.2. The van der Waals surface area contributed by atoms with E-state index in [0.29, 0.717) is 11.6 Å². The summed E-state index contributed by atoms with van der Waals surface area (Å²) in [5, 5.41) is 13.5. The Morgan fingerprint density at radius 2 is 2.04 bits per heavy atom. The highest BCUT2D eigenvalue weighted by atomic mass is 35.5. The molecule has 0 radical (unpaired) electrons. The van der Waals surface area contributed by atoms with E-state index in [1.807, 2.05) is 13.0 Å². The third-order valence-electron chi connectivity index (χ3n) is 4.38. The molecule has 3 rings (SSSR count). The molecule has 2 N–H and O–H groups in total. The summed E-state index contributed by atoms with van der Waals surface area (Å²) in [6.45, 7) is 2.64. The Morgan fingerprint density at radius 3 is 2.75 bits per heavy atom. The first kappa shape index (κ1) is 19.7. The van der Waals surface area contributed by atoms with Crippen LogP contribution in [0.1, 0.15) is 35.7 Å². The first-order valence-corrected chi connectivity index (χ1v) is 9.30. The number of halogens is 1. The van der Waals surface area contributed by atoms with Gasteiger partial charge in [0.2, 0.25) is 5.43 Å². The number of pyridine rings is 1. The standard InChI is InChI=1S/C20H20ClN3O4/c1-2-3-7-22-19(27)15-12-23-8-9-24(11-13-5-4-6-14(21)10-13)20(28)16(23)18(26)17(15)25/h4-6,8-10,12,26H,2-3,7,11H2,1H3,(H,22,27). The second kappa shape index (κ2) is 8.31. The molecule has 0 aliphatic rings. The van der Waals surface area contributed by atoms with Crippen molar-refractivity contribution in [1.29, 1.82) is 0 Å². The minimum atomic E-state index is -0.869. The third kappa shape index (κ3) is 3.94. The average Bonchev–Trinajstić information content (AvgIpc) is 2.66. The Bertz CT molecular complexity index is 1150. The zero-order valence-electron chi connectivity index (χ0n) is 15.3. The number of carbonyl (C=O) groups excluding carboxylic acids is 1. The normalized spacial score (nSPS) is 10.9. The quantitative estimate of drug-likeness (QED) is 0.620. The van der Waals surface area contributed by atoms with Crippen LogP contribution >= 0.6 is 11.6 Å². The van der Waals surface area contributed by atoms with Crippen LogP contribution in [0.4, 0.5) is 0 Å². The van der Waals surface area contributed by atoms with Gasteiger partial charge < -0.3 is 19.4 Å². The van der Waals surface area contributed by atoms with Gasteiger partial charge in [0.1, 0.15) is 5.56 Å². The van der Waals surface area contributed by atoms with E-state index in [2.05, 4.69) is 5.32 Å². The number of hydrogen-bond donors (Lipinski definition) is 2. The van der Waals surface area contributed by atoms with Crippen LogP contribution in [-0.2, 0) is 6.54 Å². The Morgan fingerprint density at radius 1 is 1.25 bits per heavy atom. The van der Waals surface area contributed by atoms with Gasteiger partial charge in [0.15, 0.2) is 11.3 Å². The molecular formula is C20H20ClN3O4. The molecule has 0 aliphatic heterocycles. The fourth-order valence-corrected chi connectivity index (χ4v) is 3.11. The Balaban J connectivity index is 2.03. The van der Waals surface area contributed by atoms with E-state index in [9.17, 15) is 19.5 Å². The maximum atomic E-state index is 12.8. The predicted octanol–water partition coefficient (Wildman–Crippen LogP) is 2.40. The summed E-state index contributed by atoms with van der Waals surface area (Å²) in [6, 6.07) is 7.05. The van der Waals surface area contributed by atoms with Crippen molar-refractivity contribution in [3.8, 4) is 5.75 Å². The summed E-state index contributed by atoms with van der Waals surface area (Å²) in [7, 11) is 0. The number of amides is 1. The number of hydrogen-bond acceptors (Lipinski definition) is 4. The van der Waals surface area contributed by atoms with Crippen LogP contribution in [0, 0.1) is 0 Å². The molecule has 2 aromatic heterocycles. The molecule has 0 saturated heterocycles. The smallest absolute Gasteiger partial charge is 0.279 e. The summed E-state index contributed by atoms with van der Waals surface area (Å²) in [4.78, 5) is 37.5. The number of fused-ring (bicyclic) bond motifs is 1. The fraction of sp³-hybridized carbons (Fsp3) is 0.250. The van der Waals surface area contributed by atoms with Crippen molar-refractivity contribution in [2.75, 3.05) is 6.54 Å². The molecule has 2 heterocycles. The van der Waals surface area contributed by atoms with E-state index < -0.39 is 22.6 Å². The summed E-state index contributed by atoms with van der Waals surface area (Å²) in [5.74, 6) is -1.32. The molecule has 0 spiro atoms. The summed E-state index contributed by atoms with van der Waals surface area (Å²) in [5.41, 5.74) is -1.01. The zero-order chi connectivity index (χ0) is 20.3.